The Labute approximate surface area is 152 Å². The number of methoxy groups -OCH3 is 1. The maximum Gasteiger partial charge on any atom is 0.244 e. The van der Waals surface area contributed by atoms with Gasteiger partial charge in [0.25, 0.3) is 0 Å². The van der Waals surface area contributed by atoms with Gasteiger partial charge in [0, 0.05) is 11.6 Å². The molecule has 0 atom stereocenters. The molecule has 0 aliphatic rings. The third-order valence-corrected chi connectivity index (χ3v) is 5.07. The Hall–Kier alpha value is -2.09. The van der Waals surface area contributed by atoms with Gasteiger partial charge in [-0.1, -0.05) is 41.4 Å². The van der Waals surface area contributed by atoms with Gasteiger partial charge in [-0.3, -0.25) is 4.79 Å². The molecule has 2 aromatic carbocycles. The molecule has 0 spiro atoms. The Kier molecular flexibility index (Phi) is 6.41. The summed E-state index contributed by atoms with van der Waals surface area (Å²) in [5.74, 6) is -0.289. The van der Waals surface area contributed by atoms with Crippen LogP contribution < -0.4 is 14.8 Å². The second-order valence-corrected chi connectivity index (χ2v) is 7.56. The minimum Gasteiger partial charge on any atom is -0.495 e. The van der Waals surface area contributed by atoms with Gasteiger partial charge in [0.05, 0.1) is 13.7 Å². The smallest absolute Gasteiger partial charge is 0.244 e. The lowest BCUT2D eigenvalue weighted by Crippen LogP contribution is -2.36. The first-order valence-electron chi connectivity index (χ1n) is 7.47. The van der Waals surface area contributed by atoms with E-state index in [1.165, 1.54) is 25.3 Å². The van der Waals surface area contributed by atoms with Gasteiger partial charge in [-0.2, -0.15) is 0 Å². The van der Waals surface area contributed by atoms with Gasteiger partial charge in [0.15, 0.2) is 0 Å². The zero-order valence-electron chi connectivity index (χ0n) is 13.9. The summed E-state index contributed by atoms with van der Waals surface area (Å²) in [5, 5.41) is 2.92. The Bertz CT molecular complexity index is 869. The second-order valence-electron chi connectivity index (χ2n) is 5.39. The summed E-state index contributed by atoms with van der Waals surface area (Å²) < 4.78 is 32.0. The summed E-state index contributed by atoms with van der Waals surface area (Å²) in [6.07, 6.45) is 0. The molecule has 0 saturated carbocycles. The molecule has 0 aliphatic carbocycles. The van der Waals surface area contributed by atoms with Crippen LogP contribution in [-0.2, 0) is 21.4 Å². The quantitative estimate of drug-likeness (QED) is 0.769. The molecule has 2 rings (SSSR count). The summed E-state index contributed by atoms with van der Waals surface area (Å²) in [4.78, 5) is 11.8. The molecule has 2 aromatic rings. The van der Waals surface area contributed by atoms with Crippen molar-refractivity contribution in [3.63, 3.8) is 0 Å². The van der Waals surface area contributed by atoms with Gasteiger partial charge in [0.1, 0.15) is 10.6 Å². The van der Waals surface area contributed by atoms with E-state index in [9.17, 15) is 13.2 Å². The molecular formula is C17H19ClN2O4S. The van der Waals surface area contributed by atoms with Gasteiger partial charge in [-0.05, 0) is 30.7 Å². The van der Waals surface area contributed by atoms with Crippen molar-refractivity contribution < 1.29 is 17.9 Å². The predicted octanol–water partition coefficient (Wildman–Crippen LogP) is 2.25. The number of ether oxygens (including phenoxy) is 1. The summed E-state index contributed by atoms with van der Waals surface area (Å²) in [6.45, 7) is 1.89. The van der Waals surface area contributed by atoms with Crippen molar-refractivity contribution in [1.82, 2.24) is 10.0 Å². The van der Waals surface area contributed by atoms with E-state index < -0.39 is 15.9 Å². The molecule has 0 bridgehead atoms. The highest BCUT2D eigenvalue weighted by atomic mass is 35.5. The van der Waals surface area contributed by atoms with Gasteiger partial charge in [0.2, 0.25) is 15.9 Å². The van der Waals surface area contributed by atoms with Crippen LogP contribution in [-0.4, -0.2) is 28.0 Å². The highest BCUT2D eigenvalue weighted by Gasteiger charge is 2.20. The van der Waals surface area contributed by atoms with Crippen molar-refractivity contribution in [1.29, 1.82) is 0 Å². The Morgan fingerprint density at radius 3 is 2.64 bits per heavy atom. The number of hydrogen-bond donors (Lipinski definition) is 2. The fourth-order valence-electron chi connectivity index (χ4n) is 2.18. The van der Waals surface area contributed by atoms with Gasteiger partial charge in [-0.25, -0.2) is 13.1 Å². The van der Waals surface area contributed by atoms with Crippen LogP contribution in [0.5, 0.6) is 5.75 Å². The maximum absolute atomic E-state index is 12.4. The molecule has 134 valence electrons. The highest BCUT2D eigenvalue weighted by molar-refractivity contribution is 7.89. The summed E-state index contributed by atoms with van der Waals surface area (Å²) in [6, 6.07) is 11.9. The second kappa shape index (κ2) is 8.33. The normalized spacial score (nSPS) is 11.2. The monoisotopic (exact) mass is 382 g/mol. The molecule has 8 heteroatoms. The lowest BCUT2D eigenvalue weighted by atomic mass is 10.1. The van der Waals surface area contributed by atoms with E-state index in [-0.39, 0.29) is 22.2 Å². The number of rotatable bonds is 7. The maximum atomic E-state index is 12.4. The molecular weight excluding hydrogens is 364 g/mol. The Morgan fingerprint density at radius 2 is 1.96 bits per heavy atom. The van der Waals surface area contributed by atoms with E-state index in [0.717, 1.165) is 11.1 Å². The van der Waals surface area contributed by atoms with E-state index >= 15 is 0 Å². The van der Waals surface area contributed by atoms with Crippen LogP contribution in [0.15, 0.2) is 47.4 Å². The van der Waals surface area contributed by atoms with Crippen molar-refractivity contribution in [2.75, 3.05) is 13.7 Å². The van der Waals surface area contributed by atoms with E-state index in [2.05, 4.69) is 10.0 Å². The lowest BCUT2D eigenvalue weighted by Gasteiger charge is -2.11. The number of halogens is 1. The van der Waals surface area contributed by atoms with Gasteiger partial charge in [-0.15, -0.1) is 0 Å². The first kappa shape index (κ1) is 19.2. The summed E-state index contributed by atoms with van der Waals surface area (Å²) >= 11 is 5.85. The number of amides is 1. The zero-order chi connectivity index (χ0) is 18.4. The topological polar surface area (TPSA) is 84.5 Å². The van der Waals surface area contributed by atoms with Crippen molar-refractivity contribution in [2.24, 2.45) is 0 Å². The largest absolute Gasteiger partial charge is 0.495 e. The average molecular weight is 383 g/mol. The third kappa shape index (κ3) is 5.45. The van der Waals surface area contributed by atoms with Crippen molar-refractivity contribution in [2.45, 2.75) is 18.4 Å². The summed E-state index contributed by atoms with van der Waals surface area (Å²) in [7, 11) is -2.57. The van der Waals surface area contributed by atoms with Crippen LogP contribution in [0.1, 0.15) is 11.1 Å². The Morgan fingerprint density at radius 1 is 1.20 bits per heavy atom. The van der Waals surface area contributed by atoms with E-state index in [1.54, 1.807) is 0 Å². The molecule has 0 radical (unpaired) electrons. The zero-order valence-corrected chi connectivity index (χ0v) is 15.4. The number of benzene rings is 2. The molecule has 2 N–H and O–H groups in total. The van der Waals surface area contributed by atoms with Crippen molar-refractivity contribution in [3.8, 4) is 5.75 Å². The fraction of sp³-hybridized carbons (Fsp3) is 0.235. The Balaban J connectivity index is 1.97. The molecule has 1 amide bonds. The van der Waals surface area contributed by atoms with Crippen LogP contribution in [0, 0.1) is 6.92 Å². The van der Waals surface area contributed by atoms with Crippen LogP contribution >= 0.6 is 11.6 Å². The fourth-order valence-corrected chi connectivity index (χ4v) is 3.60. The van der Waals surface area contributed by atoms with Crippen LogP contribution in [0.3, 0.4) is 0 Å². The van der Waals surface area contributed by atoms with Crippen LogP contribution in [0.4, 0.5) is 0 Å². The number of nitrogens with one attached hydrogen (secondary N) is 2. The molecule has 0 aromatic heterocycles. The first-order valence-corrected chi connectivity index (χ1v) is 9.33. The standard InChI is InChI=1S/C17H19ClN2O4S/c1-12-4-3-5-13(8-12)10-19-17(21)11-20-25(22,23)16-9-14(18)6-7-15(16)24-2/h3-9,20H,10-11H2,1-2H3,(H,19,21). The molecule has 0 saturated heterocycles. The van der Waals surface area contributed by atoms with E-state index in [1.807, 2.05) is 31.2 Å². The van der Waals surface area contributed by atoms with Crippen LogP contribution in [0.2, 0.25) is 5.02 Å². The number of carbonyl (C=O) groups excluding carboxylic acids is 1. The number of carbonyl (C=O) groups is 1. The molecule has 0 fully saturated rings. The average Bonchev–Trinajstić information content (AvgIpc) is 2.58. The number of aryl methyl sites for hydroxylation is 1. The molecule has 6 nitrogen and oxygen atoms in total. The highest BCUT2D eigenvalue weighted by Crippen LogP contribution is 2.26. The molecule has 25 heavy (non-hydrogen) atoms. The summed E-state index contributed by atoms with van der Waals surface area (Å²) in [5.41, 5.74) is 2.02. The minimum absolute atomic E-state index is 0.117. The molecule has 0 unspecified atom stereocenters. The predicted molar refractivity (Wildman–Crippen MR) is 96.2 cm³/mol. The first-order chi connectivity index (χ1) is 11.8. The molecule has 0 aliphatic heterocycles. The van der Waals surface area contributed by atoms with Crippen molar-refractivity contribution in [3.05, 3.63) is 58.6 Å². The van der Waals surface area contributed by atoms with E-state index in [0.29, 0.717) is 6.54 Å². The van der Waals surface area contributed by atoms with Crippen molar-refractivity contribution >= 4 is 27.5 Å². The number of hydrogen-bond acceptors (Lipinski definition) is 4. The van der Waals surface area contributed by atoms with Gasteiger partial charge < -0.3 is 10.1 Å². The minimum atomic E-state index is -3.93. The lowest BCUT2D eigenvalue weighted by molar-refractivity contribution is -0.120. The number of sulfonamides is 1. The van der Waals surface area contributed by atoms with Gasteiger partial charge >= 0.3 is 0 Å². The van der Waals surface area contributed by atoms with Crippen LogP contribution in [0.25, 0.3) is 0 Å². The SMILES string of the molecule is COc1ccc(Cl)cc1S(=O)(=O)NCC(=O)NCc1cccc(C)c1. The van der Waals surface area contributed by atoms with E-state index in [4.69, 9.17) is 16.3 Å². The third-order valence-electron chi connectivity index (χ3n) is 3.41. The molecule has 0 heterocycles.